The van der Waals surface area contributed by atoms with Gasteiger partial charge < -0.3 is 5.32 Å². The minimum Gasteiger partial charge on any atom is -0.325 e. The fourth-order valence-electron chi connectivity index (χ4n) is 2.21. The van der Waals surface area contributed by atoms with Gasteiger partial charge in [0.05, 0.1) is 10.7 Å². The van der Waals surface area contributed by atoms with Crippen molar-refractivity contribution in [1.82, 2.24) is 15.2 Å². The van der Waals surface area contributed by atoms with Gasteiger partial charge in [0.15, 0.2) is 0 Å². The molecule has 0 spiro atoms. The van der Waals surface area contributed by atoms with Crippen LogP contribution in [0.25, 0.3) is 0 Å². The molecule has 0 radical (unpaired) electrons. The number of nitrogens with zero attached hydrogens (tertiary/aromatic N) is 3. The van der Waals surface area contributed by atoms with E-state index in [0.29, 0.717) is 22.8 Å². The zero-order valence-corrected chi connectivity index (χ0v) is 15.4. The lowest BCUT2D eigenvalue weighted by Gasteiger charge is -2.05. The highest BCUT2D eigenvalue weighted by Gasteiger charge is 2.13. The predicted molar refractivity (Wildman–Crippen MR) is 101 cm³/mol. The highest BCUT2D eigenvalue weighted by atomic mass is 32.2. The molecule has 0 fully saturated rings. The summed E-state index contributed by atoms with van der Waals surface area (Å²) in [5, 5.41) is 23.0. The van der Waals surface area contributed by atoms with Crippen molar-refractivity contribution in [3.05, 3.63) is 62.1 Å². The first-order chi connectivity index (χ1) is 12.5. The molecular weight excluding hydrogens is 374 g/mol. The zero-order valence-electron chi connectivity index (χ0n) is 13.8. The van der Waals surface area contributed by atoms with E-state index in [1.165, 1.54) is 22.7 Å². The van der Waals surface area contributed by atoms with Crippen LogP contribution in [0.15, 0.2) is 40.9 Å². The van der Waals surface area contributed by atoms with Crippen molar-refractivity contribution in [2.75, 3.05) is 11.1 Å². The molecule has 2 heterocycles. The van der Waals surface area contributed by atoms with Gasteiger partial charge >= 0.3 is 0 Å². The van der Waals surface area contributed by atoms with E-state index < -0.39 is 4.92 Å². The van der Waals surface area contributed by atoms with Crippen molar-refractivity contribution in [2.24, 2.45) is 0 Å². The summed E-state index contributed by atoms with van der Waals surface area (Å²) in [6.45, 7) is 1.65. The number of nitro groups is 1. The summed E-state index contributed by atoms with van der Waals surface area (Å²) in [7, 11) is 0. The van der Waals surface area contributed by atoms with Crippen molar-refractivity contribution in [3.8, 4) is 0 Å². The van der Waals surface area contributed by atoms with Crippen LogP contribution in [-0.4, -0.2) is 31.8 Å². The van der Waals surface area contributed by atoms with Crippen molar-refractivity contribution >= 4 is 40.4 Å². The van der Waals surface area contributed by atoms with E-state index in [1.54, 1.807) is 30.4 Å². The molecule has 0 unspecified atom stereocenters. The molecule has 0 aliphatic rings. The Morgan fingerprint density at radius 2 is 2.27 bits per heavy atom. The molecule has 26 heavy (non-hydrogen) atoms. The van der Waals surface area contributed by atoms with Gasteiger partial charge in [0, 0.05) is 28.6 Å². The second-order valence-electron chi connectivity index (χ2n) is 5.42. The van der Waals surface area contributed by atoms with Crippen LogP contribution in [0.1, 0.15) is 16.3 Å². The molecule has 3 rings (SSSR count). The molecule has 0 aliphatic carbocycles. The number of nitrogens with one attached hydrogen (secondary N) is 2. The number of aryl methyl sites for hydroxylation is 1. The molecule has 2 aromatic heterocycles. The van der Waals surface area contributed by atoms with Crippen molar-refractivity contribution in [1.29, 1.82) is 0 Å². The van der Waals surface area contributed by atoms with E-state index in [0.717, 1.165) is 5.82 Å². The Kier molecular flexibility index (Phi) is 5.64. The molecule has 0 saturated carbocycles. The second kappa shape index (κ2) is 8.11. The normalized spacial score (nSPS) is 10.7. The highest BCUT2D eigenvalue weighted by molar-refractivity contribution is 7.99. The van der Waals surface area contributed by atoms with Gasteiger partial charge in [0.2, 0.25) is 11.1 Å². The molecule has 1 amide bonds. The summed E-state index contributed by atoms with van der Waals surface area (Å²) in [6, 6.07) is 8.59. The summed E-state index contributed by atoms with van der Waals surface area (Å²) in [6.07, 6.45) is 0.671. The number of thioether (sulfide) groups is 1. The SMILES string of the molecule is Cc1ccc(NC(=O)CSc2n[nH]c(Cc3cccs3)n2)cc1[N+](=O)[O-]. The Labute approximate surface area is 157 Å². The number of anilines is 1. The number of aromatic nitrogens is 3. The minimum atomic E-state index is -0.470. The minimum absolute atomic E-state index is 0.0253. The van der Waals surface area contributed by atoms with E-state index in [2.05, 4.69) is 20.5 Å². The van der Waals surface area contributed by atoms with Crippen molar-refractivity contribution in [2.45, 2.75) is 18.5 Å². The number of aromatic amines is 1. The van der Waals surface area contributed by atoms with Crippen LogP contribution in [0.2, 0.25) is 0 Å². The topological polar surface area (TPSA) is 114 Å². The van der Waals surface area contributed by atoms with Crippen LogP contribution in [-0.2, 0) is 11.2 Å². The Morgan fingerprint density at radius 1 is 1.42 bits per heavy atom. The van der Waals surface area contributed by atoms with Gasteiger partial charge in [-0.25, -0.2) is 4.98 Å². The third-order valence-electron chi connectivity index (χ3n) is 3.45. The summed E-state index contributed by atoms with van der Waals surface area (Å²) >= 11 is 2.84. The lowest BCUT2D eigenvalue weighted by atomic mass is 10.2. The number of carbonyl (C=O) groups is 1. The zero-order chi connectivity index (χ0) is 18.5. The van der Waals surface area contributed by atoms with Gasteiger partial charge in [-0.05, 0) is 24.4 Å². The number of H-pyrrole nitrogens is 1. The van der Waals surface area contributed by atoms with E-state index in [1.807, 2.05) is 17.5 Å². The van der Waals surface area contributed by atoms with Crippen LogP contribution in [0.3, 0.4) is 0 Å². The van der Waals surface area contributed by atoms with Crippen LogP contribution >= 0.6 is 23.1 Å². The number of nitro benzene ring substituents is 1. The Balaban J connectivity index is 1.54. The van der Waals surface area contributed by atoms with E-state index in [9.17, 15) is 14.9 Å². The molecule has 1 aromatic carbocycles. The first kappa shape index (κ1) is 18.1. The summed E-state index contributed by atoms with van der Waals surface area (Å²) in [5.41, 5.74) is 0.908. The van der Waals surface area contributed by atoms with Crippen LogP contribution in [0.4, 0.5) is 11.4 Å². The average Bonchev–Trinajstić information content (AvgIpc) is 3.27. The second-order valence-corrected chi connectivity index (χ2v) is 7.39. The molecule has 10 heteroatoms. The number of rotatable bonds is 7. The maximum absolute atomic E-state index is 12.0. The smallest absolute Gasteiger partial charge is 0.274 e. The molecule has 3 aromatic rings. The molecule has 8 nitrogen and oxygen atoms in total. The number of amides is 1. The summed E-state index contributed by atoms with van der Waals surface area (Å²) in [4.78, 5) is 28.1. The van der Waals surface area contributed by atoms with Gasteiger partial charge in [0.1, 0.15) is 5.82 Å². The fourth-order valence-corrected chi connectivity index (χ4v) is 3.54. The van der Waals surface area contributed by atoms with Crippen LogP contribution < -0.4 is 5.32 Å². The van der Waals surface area contributed by atoms with Gasteiger partial charge in [-0.2, -0.15) is 0 Å². The first-order valence-corrected chi connectivity index (χ1v) is 9.49. The Bertz CT molecular complexity index is 924. The molecule has 0 atom stereocenters. The van der Waals surface area contributed by atoms with Gasteiger partial charge in [-0.1, -0.05) is 23.9 Å². The van der Waals surface area contributed by atoms with Crippen LogP contribution in [0, 0.1) is 17.0 Å². The third-order valence-corrected chi connectivity index (χ3v) is 5.18. The fraction of sp³-hybridized carbons (Fsp3) is 0.188. The van der Waals surface area contributed by atoms with E-state index >= 15 is 0 Å². The largest absolute Gasteiger partial charge is 0.325 e. The molecule has 134 valence electrons. The average molecular weight is 389 g/mol. The lowest BCUT2D eigenvalue weighted by molar-refractivity contribution is -0.385. The molecule has 0 bridgehead atoms. The standard InChI is InChI=1S/C16H15N5O3S2/c1-10-4-5-11(7-13(10)21(23)24)17-15(22)9-26-16-18-14(19-20-16)8-12-3-2-6-25-12/h2-7H,8-9H2,1H3,(H,17,22)(H,18,19,20). The Hall–Kier alpha value is -2.72. The first-order valence-electron chi connectivity index (χ1n) is 7.62. The van der Waals surface area contributed by atoms with Gasteiger partial charge in [-0.15, -0.1) is 16.4 Å². The summed E-state index contributed by atoms with van der Waals surface area (Å²) in [5.74, 6) is 0.570. The monoisotopic (exact) mass is 389 g/mol. The van der Waals surface area contributed by atoms with Crippen molar-refractivity contribution < 1.29 is 9.72 Å². The van der Waals surface area contributed by atoms with Crippen molar-refractivity contribution in [3.63, 3.8) is 0 Å². The van der Waals surface area contributed by atoms with Gasteiger partial charge in [0.25, 0.3) is 5.69 Å². The van der Waals surface area contributed by atoms with Gasteiger partial charge in [-0.3, -0.25) is 20.0 Å². The number of hydrogen-bond acceptors (Lipinski definition) is 7. The maximum Gasteiger partial charge on any atom is 0.274 e. The maximum atomic E-state index is 12.0. The highest BCUT2D eigenvalue weighted by Crippen LogP contribution is 2.23. The molecule has 0 saturated heterocycles. The number of hydrogen-bond donors (Lipinski definition) is 2. The number of thiophene rings is 1. The predicted octanol–water partition coefficient (Wildman–Crippen LogP) is 3.40. The Morgan fingerprint density at radius 3 is 3.00 bits per heavy atom. The lowest BCUT2D eigenvalue weighted by Crippen LogP contribution is -2.14. The third kappa shape index (κ3) is 4.67. The quantitative estimate of drug-likeness (QED) is 0.364. The number of carbonyl (C=O) groups excluding carboxylic acids is 1. The summed E-state index contributed by atoms with van der Waals surface area (Å²) < 4.78 is 0. The van der Waals surface area contributed by atoms with E-state index in [-0.39, 0.29) is 17.3 Å². The van der Waals surface area contributed by atoms with E-state index in [4.69, 9.17) is 0 Å². The van der Waals surface area contributed by atoms with Crippen LogP contribution in [0.5, 0.6) is 0 Å². The molecular formula is C16H15N5O3S2. The molecule has 2 N–H and O–H groups in total. The molecule has 0 aliphatic heterocycles. The number of benzene rings is 1.